The summed E-state index contributed by atoms with van der Waals surface area (Å²) in [6.45, 7) is 0. The number of nitrogens with one attached hydrogen (secondary N) is 2. The molecule has 0 radical (unpaired) electrons. The number of benzene rings is 2. The van der Waals surface area contributed by atoms with Crippen molar-refractivity contribution in [2.24, 2.45) is 7.05 Å². The van der Waals surface area contributed by atoms with Crippen molar-refractivity contribution in [3.8, 4) is 11.3 Å². The van der Waals surface area contributed by atoms with Gasteiger partial charge >= 0.3 is 0 Å². The van der Waals surface area contributed by atoms with E-state index in [4.69, 9.17) is 0 Å². The van der Waals surface area contributed by atoms with E-state index in [1.165, 1.54) is 16.8 Å². The maximum atomic E-state index is 13.5. The largest absolute Gasteiger partial charge is 0.282 e. The highest BCUT2D eigenvalue weighted by Crippen LogP contribution is 2.22. The zero-order chi connectivity index (χ0) is 18.8. The Morgan fingerprint density at radius 2 is 1.93 bits per heavy atom. The highest BCUT2D eigenvalue weighted by atomic mass is 19.1. The van der Waals surface area contributed by atoms with Crippen molar-refractivity contribution in [1.29, 1.82) is 0 Å². The van der Waals surface area contributed by atoms with E-state index in [1.54, 1.807) is 31.4 Å². The highest BCUT2D eigenvalue weighted by Gasteiger charge is 2.17. The summed E-state index contributed by atoms with van der Waals surface area (Å²) < 4.78 is 15.1. The third kappa shape index (κ3) is 3.48. The van der Waals surface area contributed by atoms with E-state index in [0.717, 1.165) is 10.9 Å². The fourth-order valence-electron chi connectivity index (χ4n) is 2.83. The Morgan fingerprint density at radius 1 is 1.07 bits per heavy atom. The number of carbonyl (C=O) groups is 1. The van der Waals surface area contributed by atoms with Crippen LogP contribution in [-0.2, 0) is 7.05 Å². The lowest BCUT2D eigenvalue weighted by Gasteiger charge is -2.08. The van der Waals surface area contributed by atoms with Crippen molar-refractivity contribution in [2.45, 2.75) is 0 Å². The number of aryl methyl sites for hydroxylation is 1. The predicted octanol–water partition coefficient (Wildman–Crippen LogP) is 3.53. The molecule has 7 heteroatoms. The summed E-state index contributed by atoms with van der Waals surface area (Å²) in [6, 6.07) is 17.4. The number of halogens is 1. The lowest BCUT2D eigenvalue weighted by Crippen LogP contribution is -2.30. The zero-order valence-corrected chi connectivity index (χ0v) is 14.5. The summed E-state index contributed by atoms with van der Waals surface area (Å²) in [7, 11) is 1.71. The molecule has 4 aromatic rings. The minimum atomic E-state index is -0.391. The molecule has 6 nitrogen and oxygen atoms in total. The molecule has 0 fully saturated rings. The second-order valence-electron chi connectivity index (χ2n) is 6.04. The number of amides is 1. The van der Waals surface area contributed by atoms with Crippen molar-refractivity contribution in [3.05, 3.63) is 78.2 Å². The molecule has 0 aliphatic rings. The van der Waals surface area contributed by atoms with Gasteiger partial charge in [-0.25, -0.2) is 9.37 Å². The maximum Gasteiger partial charge on any atom is 0.273 e. The van der Waals surface area contributed by atoms with Crippen LogP contribution >= 0.6 is 0 Å². The number of hydrogen-bond donors (Lipinski definition) is 2. The standard InChI is InChI=1S/C20H16FN5O/c1-26-12-16(19(25-26)14-6-4-7-15(21)11-14)20(27)24-23-18-10-9-13-5-2-3-8-17(13)22-18/h2-12H,1H3,(H,22,23)(H,24,27). The van der Waals surface area contributed by atoms with Crippen LogP contribution in [0.4, 0.5) is 10.2 Å². The van der Waals surface area contributed by atoms with Gasteiger partial charge in [0.15, 0.2) is 0 Å². The molecule has 27 heavy (non-hydrogen) atoms. The van der Waals surface area contributed by atoms with Gasteiger partial charge in [-0.2, -0.15) is 5.10 Å². The van der Waals surface area contributed by atoms with Gasteiger partial charge in [-0.15, -0.1) is 0 Å². The van der Waals surface area contributed by atoms with Crippen LogP contribution in [0.3, 0.4) is 0 Å². The first-order chi connectivity index (χ1) is 13.1. The van der Waals surface area contributed by atoms with Crippen LogP contribution in [-0.4, -0.2) is 20.7 Å². The number of hydrazine groups is 1. The van der Waals surface area contributed by atoms with Gasteiger partial charge in [-0.3, -0.25) is 20.3 Å². The molecule has 2 aromatic carbocycles. The zero-order valence-electron chi connectivity index (χ0n) is 14.5. The number of pyridine rings is 1. The SMILES string of the molecule is Cn1cc(C(=O)NNc2ccc3ccccc3n2)c(-c2cccc(F)c2)n1. The molecular weight excluding hydrogens is 345 g/mol. The van der Waals surface area contributed by atoms with E-state index in [9.17, 15) is 9.18 Å². The van der Waals surface area contributed by atoms with Gasteiger partial charge in [-0.1, -0.05) is 30.3 Å². The van der Waals surface area contributed by atoms with Gasteiger partial charge in [0, 0.05) is 24.2 Å². The first-order valence-corrected chi connectivity index (χ1v) is 8.32. The summed E-state index contributed by atoms with van der Waals surface area (Å²) in [4.78, 5) is 17.1. The number of para-hydroxylation sites is 1. The van der Waals surface area contributed by atoms with Crippen molar-refractivity contribution >= 4 is 22.6 Å². The Hall–Kier alpha value is -3.74. The Labute approximate surface area is 154 Å². The first-order valence-electron chi connectivity index (χ1n) is 8.32. The number of nitrogens with zero attached hydrogens (tertiary/aromatic N) is 3. The maximum absolute atomic E-state index is 13.5. The smallest absolute Gasteiger partial charge is 0.273 e. The average Bonchev–Trinajstić information content (AvgIpc) is 3.08. The number of anilines is 1. The number of rotatable bonds is 4. The molecule has 0 aliphatic carbocycles. The minimum absolute atomic E-state index is 0.330. The van der Waals surface area contributed by atoms with Crippen LogP contribution in [0.25, 0.3) is 22.2 Å². The molecule has 2 aromatic heterocycles. The number of carbonyl (C=O) groups excluding carboxylic acids is 1. The number of fused-ring (bicyclic) bond motifs is 1. The van der Waals surface area contributed by atoms with E-state index in [2.05, 4.69) is 20.9 Å². The van der Waals surface area contributed by atoms with E-state index >= 15 is 0 Å². The second-order valence-corrected chi connectivity index (χ2v) is 6.04. The first kappa shape index (κ1) is 16.7. The molecule has 0 aliphatic heterocycles. The quantitative estimate of drug-likeness (QED) is 0.546. The molecule has 0 saturated heterocycles. The van der Waals surface area contributed by atoms with E-state index < -0.39 is 5.91 Å². The monoisotopic (exact) mass is 361 g/mol. The molecule has 0 unspecified atom stereocenters. The molecule has 0 bridgehead atoms. The second kappa shape index (κ2) is 6.87. The van der Waals surface area contributed by atoms with E-state index in [0.29, 0.717) is 22.6 Å². The summed E-state index contributed by atoms with van der Waals surface area (Å²) >= 11 is 0. The lowest BCUT2D eigenvalue weighted by atomic mass is 10.1. The van der Waals surface area contributed by atoms with Crippen LogP contribution in [0.15, 0.2) is 66.9 Å². The van der Waals surface area contributed by atoms with Gasteiger partial charge in [0.25, 0.3) is 5.91 Å². The Morgan fingerprint density at radius 3 is 2.78 bits per heavy atom. The summed E-state index contributed by atoms with van der Waals surface area (Å²) in [5, 5.41) is 5.29. The number of aromatic nitrogens is 3. The molecular formula is C20H16FN5O. The van der Waals surface area contributed by atoms with Crippen molar-refractivity contribution in [3.63, 3.8) is 0 Å². The van der Waals surface area contributed by atoms with E-state index in [-0.39, 0.29) is 5.82 Å². The average molecular weight is 361 g/mol. The van der Waals surface area contributed by atoms with Gasteiger partial charge in [0.2, 0.25) is 0 Å². The van der Waals surface area contributed by atoms with E-state index in [1.807, 2.05) is 30.3 Å². The Balaban J connectivity index is 1.56. The van der Waals surface area contributed by atoms with Gasteiger partial charge in [0.1, 0.15) is 17.3 Å². The van der Waals surface area contributed by atoms with Crippen LogP contribution in [0.2, 0.25) is 0 Å². The molecule has 4 rings (SSSR count). The van der Waals surface area contributed by atoms with Gasteiger partial charge in [0.05, 0.1) is 11.1 Å². The molecule has 0 spiro atoms. The summed E-state index contributed by atoms with van der Waals surface area (Å²) in [5.74, 6) is -0.265. The predicted molar refractivity (Wildman–Crippen MR) is 101 cm³/mol. The van der Waals surface area contributed by atoms with Crippen molar-refractivity contribution in [2.75, 3.05) is 5.43 Å². The normalized spacial score (nSPS) is 10.7. The van der Waals surface area contributed by atoms with Crippen LogP contribution in [0, 0.1) is 5.82 Å². The fraction of sp³-hybridized carbons (Fsp3) is 0.0500. The van der Waals surface area contributed by atoms with Crippen LogP contribution < -0.4 is 10.9 Å². The van der Waals surface area contributed by atoms with Gasteiger partial charge in [-0.05, 0) is 30.3 Å². The highest BCUT2D eigenvalue weighted by molar-refractivity contribution is 6.00. The Bertz CT molecular complexity index is 1140. The summed E-state index contributed by atoms with van der Waals surface area (Å²) in [6.07, 6.45) is 1.59. The fourth-order valence-corrected chi connectivity index (χ4v) is 2.83. The molecule has 0 atom stereocenters. The number of hydrogen-bond acceptors (Lipinski definition) is 4. The topological polar surface area (TPSA) is 71.8 Å². The van der Waals surface area contributed by atoms with Crippen molar-refractivity contribution < 1.29 is 9.18 Å². The minimum Gasteiger partial charge on any atom is -0.282 e. The van der Waals surface area contributed by atoms with Crippen molar-refractivity contribution in [1.82, 2.24) is 20.2 Å². The third-order valence-electron chi connectivity index (χ3n) is 4.07. The van der Waals surface area contributed by atoms with Crippen LogP contribution in [0.5, 0.6) is 0 Å². The van der Waals surface area contributed by atoms with Gasteiger partial charge < -0.3 is 0 Å². The Kier molecular flexibility index (Phi) is 4.25. The van der Waals surface area contributed by atoms with Crippen LogP contribution in [0.1, 0.15) is 10.4 Å². The lowest BCUT2D eigenvalue weighted by molar-refractivity contribution is 0.0963. The third-order valence-corrected chi connectivity index (χ3v) is 4.07. The summed E-state index contributed by atoms with van der Waals surface area (Å²) in [5.41, 5.74) is 7.52. The molecule has 1 amide bonds. The molecule has 134 valence electrons. The molecule has 2 heterocycles. The molecule has 2 N–H and O–H groups in total. The molecule has 0 saturated carbocycles.